The number of fused-ring (bicyclic) bond motifs is 1. The Labute approximate surface area is 203 Å². The highest BCUT2D eigenvalue weighted by atomic mass is 35.5. The molecule has 4 rings (SSSR count). The second-order valence-corrected chi connectivity index (χ2v) is 8.21. The third kappa shape index (κ3) is 4.67. The molecule has 1 N–H and O–H groups in total. The smallest absolute Gasteiger partial charge is 0.271 e. The summed E-state index contributed by atoms with van der Waals surface area (Å²) in [7, 11) is 0. The molecule has 1 amide bonds. The Hall–Kier alpha value is -3.67. The Morgan fingerprint density at radius 3 is 2.50 bits per heavy atom. The molecule has 0 aliphatic carbocycles. The lowest BCUT2D eigenvalue weighted by molar-refractivity contribution is 0.0938. The minimum Gasteiger partial charge on any atom is -0.485 e. The van der Waals surface area contributed by atoms with Crippen molar-refractivity contribution in [3.05, 3.63) is 98.9 Å². The van der Waals surface area contributed by atoms with E-state index < -0.39 is 30.2 Å². The summed E-state index contributed by atoms with van der Waals surface area (Å²) in [5.74, 6) is -1.93. The average Bonchev–Trinajstić information content (AvgIpc) is 3.13. The first-order chi connectivity index (χ1) is 16.3. The molecule has 1 atom stereocenters. The number of hydrogen-bond donors (Lipinski definition) is 1. The summed E-state index contributed by atoms with van der Waals surface area (Å²) in [5, 5.41) is 12.9. The number of aromatic nitrogens is 2. The van der Waals surface area contributed by atoms with E-state index in [1.165, 1.54) is 22.7 Å². The summed E-state index contributed by atoms with van der Waals surface area (Å²) >= 11 is 12.1. The van der Waals surface area contributed by atoms with Gasteiger partial charge in [0.15, 0.2) is 11.4 Å². The molecule has 1 unspecified atom stereocenters. The van der Waals surface area contributed by atoms with Crippen molar-refractivity contribution in [1.82, 2.24) is 14.7 Å². The Morgan fingerprint density at radius 2 is 1.85 bits per heavy atom. The first kappa shape index (κ1) is 23.5. The molecule has 34 heavy (non-hydrogen) atoms. The number of amides is 1. The number of ether oxygens (including phenoxy) is 1. The van der Waals surface area contributed by atoms with Crippen molar-refractivity contribution in [3.8, 4) is 11.8 Å². The number of aryl methyl sites for hydroxylation is 1. The van der Waals surface area contributed by atoms with E-state index in [4.69, 9.17) is 27.9 Å². The number of imidazole rings is 1. The number of nitrogens with zero attached hydrogens (tertiary/aromatic N) is 3. The third-order valence-electron chi connectivity index (χ3n) is 5.08. The molecule has 172 valence electrons. The van der Waals surface area contributed by atoms with Crippen LogP contribution in [0.4, 0.5) is 8.78 Å². The van der Waals surface area contributed by atoms with E-state index in [-0.39, 0.29) is 27.7 Å². The van der Waals surface area contributed by atoms with Crippen LogP contribution in [0, 0.1) is 29.9 Å². The Morgan fingerprint density at radius 1 is 1.18 bits per heavy atom. The molecular weight excluding hydrogens is 485 g/mol. The topological polar surface area (TPSA) is 79.4 Å². The van der Waals surface area contributed by atoms with Crippen LogP contribution in [0.1, 0.15) is 33.4 Å². The number of pyridine rings is 1. The van der Waals surface area contributed by atoms with Crippen molar-refractivity contribution < 1.29 is 18.3 Å². The lowest BCUT2D eigenvalue weighted by atomic mass is 10.1. The van der Waals surface area contributed by atoms with Crippen LogP contribution in [-0.4, -0.2) is 15.3 Å². The van der Waals surface area contributed by atoms with Crippen LogP contribution in [0.15, 0.2) is 54.7 Å². The van der Waals surface area contributed by atoms with E-state index in [0.717, 1.165) is 12.1 Å². The van der Waals surface area contributed by atoms with Crippen molar-refractivity contribution in [2.45, 2.75) is 19.6 Å². The molecule has 0 saturated heterocycles. The van der Waals surface area contributed by atoms with E-state index in [1.54, 1.807) is 31.2 Å². The molecule has 0 saturated carbocycles. The molecule has 2 heterocycles. The van der Waals surface area contributed by atoms with E-state index >= 15 is 0 Å². The molecule has 0 radical (unpaired) electrons. The van der Waals surface area contributed by atoms with E-state index in [9.17, 15) is 18.8 Å². The molecule has 0 aliphatic rings. The standard InChI is InChI=1S/C24H16Cl2F2N4O2/c1-13-22(24(33)31-20(10-29)14-5-7-15(25)8-6-14)32-11-16(26)9-21(23(32)30-13)34-12-17-18(27)3-2-4-19(17)28/h2-9,11,20H,12H2,1H3,(H,31,33). The average molecular weight is 501 g/mol. The third-order valence-corrected chi connectivity index (χ3v) is 5.54. The second-order valence-electron chi connectivity index (χ2n) is 7.34. The maximum absolute atomic E-state index is 14.0. The first-order valence-corrected chi connectivity index (χ1v) is 10.7. The Balaban J connectivity index is 1.66. The number of rotatable bonds is 6. The van der Waals surface area contributed by atoms with Crippen molar-refractivity contribution in [2.75, 3.05) is 0 Å². The zero-order chi connectivity index (χ0) is 24.4. The molecule has 2 aromatic carbocycles. The van der Waals surface area contributed by atoms with Crippen molar-refractivity contribution >= 4 is 34.8 Å². The number of halogens is 4. The number of nitrogens with one attached hydrogen (secondary N) is 1. The number of nitriles is 1. The van der Waals surface area contributed by atoms with Crippen molar-refractivity contribution in [3.63, 3.8) is 0 Å². The highest BCUT2D eigenvalue weighted by Crippen LogP contribution is 2.28. The quantitative estimate of drug-likeness (QED) is 0.362. The highest BCUT2D eigenvalue weighted by Gasteiger charge is 2.23. The van der Waals surface area contributed by atoms with E-state index in [0.29, 0.717) is 16.3 Å². The predicted molar refractivity (Wildman–Crippen MR) is 123 cm³/mol. The van der Waals surface area contributed by atoms with Crippen LogP contribution in [0.3, 0.4) is 0 Å². The lowest BCUT2D eigenvalue weighted by Crippen LogP contribution is -2.29. The molecule has 0 fully saturated rings. The van der Waals surface area contributed by atoms with Gasteiger partial charge in [0.05, 0.1) is 22.3 Å². The van der Waals surface area contributed by atoms with Crippen LogP contribution in [0.5, 0.6) is 5.75 Å². The fourth-order valence-electron chi connectivity index (χ4n) is 3.44. The Kier molecular flexibility index (Phi) is 6.68. The zero-order valence-electron chi connectivity index (χ0n) is 17.7. The largest absolute Gasteiger partial charge is 0.485 e. The van der Waals surface area contributed by atoms with Gasteiger partial charge in [-0.15, -0.1) is 0 Å². The van der Waals surface area contributed by atoms with E-state index in [2.05, 4.69) is 10.3 Å². The summed E-state index contributed by atoms with van der Waals surface area (Å²) in [4.78, 5) is 17.5. The second kappa shape index (κ2) is 9.67. The zero-order valence-corrected chi connectivity index (χ0v) is 19.2. The van der Waals surface area contributed by atoms with Gasteiger partial charge in [-0.1, -0.05) is 41.4 Å². The maximum atomic E-state index is 14.0. The highest BCUT2D eigenvalue weighted by molar-refractivity contribution is 6.31. The molecule has 10 heteroatoms. The van der Waals surface area contributed by atoms with Gasteiger partial charge < -0.3 is 10.1 Å². The fourth-order valence-corrected chi connectivity index (χ4v) is 3.76. The predicted octanol–water partition coefficient (Wildman–Crippen LogP) is 5.80. The normalized spacial score (nSPS) is 11.8. The van der Waals surface area contributed by atoms with Crippen LogP contribution < -0.4 is 10.1 Å². The van der Waals surface area contributed by atoms with Gasteiger partial charge in [-0.2, -0.15) is 5.26 Å². The molecule has 4 aromatic rings. The lowest BCUT2D eigenvalue weighted by Gasteiger charge is -2.13. The SMILES string of the molecule is Cc1nc2c(OCc3c(F)cccc3F)cc(Cl)cn2c1C(=O)NC(C#N)c1ccc(Cl)cc1. The minimum absolute atomic E-state index is 0.131. The molecule has 0 spiro atoms. The van der Waals surface area contributed by atoms with Crippen LogP contribution in [0.25, 0.3) is 5.65 Å². The number of carbonyl (C=O) groups excluding carboxylic acids is 1. The molecular formula is C24H16Cl2F2N4O2. The van der Waals surface area contributed by atoms with Gasteiger partial charge in [0, 0.05) is 17.3 Å². The van der Waals surface area contributed by atoms with Crippen molar-refractivity contribution in [1.29, 1.82) is 5.26 Å². The summed E-state index contributed by atoms with van der Waals surface area (Å²) < 4.78 is 35.0. The Bertz CT molecular complexity index is 1410. The van der Waals surface area contributed by atoms with Gasteiger partial charge in [0.1, 0.15) is 30.0 Å². The maximum Gasteiger partial charge on any atom is 0.271 e. The van der Waals surface area contributed by atoms with Gasteiger partial charge >= 0.3 is 0 Å². The van der Waals surface area contributed by atoms with E-state index in [1.807, 2.05) is 6.07 Å². The van der Waals surface area contributed by atoms with Crippen molar-refractivity contribution in [2.24, 2.45) is 0 Å². The minimum atomic E-state index is -0.936. The molecule has 6 nitrogen and oxygen atoms in total. The van der Waals surface area contributed by atoms with Gasteiger partial charge in [-0.05, 0) is 36.8 Å². The number of carbonyl (C=O) groups is 1. The van der Waals surface area contributed by atoms with Gasteiger partial charge in [0.25, 0.3) is 5.91 Å². The summed E-state index contributed by atoms with van der Waals surface area (Å²) in [6.07, 6.45) is 1.46. The van der Waals surface area contributed by atoms with Gasteiger partial charge in [-0.25, -0.2) is 13.8 Å². The first-order valence-electron chi connectivity index (χ1n) is 9.98. The van der Waals surface area contributed by atoms with Gasteiger partial charge in [0.2, 0.25) is 0 Å². The fraction of sp³-hybridized carbons (Fsp3) is 0.125. The number of hydrogen-bond acceptors (Lipinski definition) is 4. The summed E-state index contributed by atoms with van der Waals surface area (Å²) in [6, 6.07) is 12.6. The number of benzene rings is 2. The monoisotopic (exact) mass is 500 g/mol. The molecule has 0 bridgehead atoms. The summed E-state index contributed by atoms with van der Waals surface area (Å²) in [6.45, 7) is 1.20. The molecule has 0 aliphatic heterocycles. The molecule has 2 aromatic heterocycles. The summed E-state index contributed by atoms with van der Waals surface area (Å²) in [5.41, 5.74) is 1.01. The van der Waals surface area contributed by atoms with Crippen LogP contribution in [-0.2, 0) is 6.61 Å². The van der Waals surface area contributed by atoms with Crippen LogP contribution >= 0.6 is 23.2 Å². The van der Waals surface area contributed by atoms with Crippen LogP contribution in [0.2, 0.25) is 10.0 Å². The van der Waals surface area contributed by atoms with Gasteiger partial charge in [-0.3, -0.25) is 9.20 Å².